The first kappa shape index (κ1) is 9.99. The molecule has 0 atom stereocenters. The average Bonchev–Trinajstić information content (AvgIpc) is 2.04. The number of pyridine rings is 1. The number of nitrogens with one attached hydrogen (secondary N) is 2. The Balaban J connectivity index is 2.29. The Hall–Kier alpha value is -1.09. The summed E-state index contributed by atoms with van der Waals surface area (Å²) in [6, 6.07) is 5.69. The van der Waals surface area contributed by atoms with Crippen molar-refractivity contribution in [3.05, 3.63) is 31.1 Å². The highest BCUT2D eigenvalue weighted by Crippen LogP contribution is 2.02. The summed E-state index contributed by atoms with van der Waals surface area (Å²) >= 11 is 0. The number of rotatable bonds is 3. The summed E-state index contributed by atoms with van der Waals surface area (Å²) in [5.41, 5.74) is 0.0295. The molecule has 0 aliphatic carbocycles. The van der Waals surface area contributed by atoms with Crippen molar-refractivity contribution < 1.29 is 0 Å². The molecule has 2 N–H and O–H groups in total. The third kappa shape index (κ3) is 4.48. The molecule has 0 aliphatic heterocycles. The maximum Gasteiger partial charge on any atom is 0.173 e. The van der Waals surface area contributed by atoms with Crippen LogP contribution >= 0.6 is 0 Å². The highest BCUT2D eigenvalue weighted by molar-refractivity contribution is 5.34. The second kappa shape index (κ2) is 4.23. The fourth-order valence-electron chi connectivity index (χ4n) is 0.719. The maximum absolute atomic E-state index is 4.08. The van der Waals surface area contributed by atoms with E-state index in [1.807, 2.05) is 18.2 Å². The van der Waals surface area contributed by atoms with E-state index in [0.717, 1.165) is 5.82 Å². The van der Waals surface area contributed by atoms with Crippen molar-refractivity contribution in [3.8, 4) is 0 Å². The van der Waals surface area contributed by atoms with Crippen LogP contribution in [0.3, 0.4) is 0 Å². The molecule has 0 amide bonds. The minimum absolute atomic E-state index is 0.0295. The van der Waals surface area contributed by atoms with Gasteiger partial charge >= 0.3 is 0 Å². The summed E-state index contributed by atoms with van der Waals surface area (Å²) in [6.07, 6.45) is 1.74. The third-order valence-corrected chi connectivity index (χ3v) is 1.29. The molecule has 0 aliphatic rings. The van der Waals surface area contributed by atoms with Gasteiger partial charge in [0.1, 0.15) is 5.82 Å². The SMILES string of the molecule is CC(C)(C)N[C]Nc1ccccn1. The van der Waals surface area contributed by atoms with Gasteiger partial charge in [-0.2, -0.15) is 0 Å². The monoisotopic (exact) mass is 177 g/mol. The first-order chi connectivity index (χ1) is 6.08. The van der Waals surface area contributed by atoms with Crippen molar-refractivity contribution in [2.24, 2.45) is 0 Å². The van der Waals surface area contributed by atoms with Crippen molar-refractivity contribution >= 4 is 5.82 Å². The molecule has 70 valence electrons. The molecule has 0 unspecified atom stereocenters. The van der Waals surface area contributed by atoms with E-state index in [2.05, 4.69) is 43.1 Å². The van der Waals surface area contributed by atoms with E-state index < -0.39 is 0 Å². The molecule has 3 nitrogen and oxygen atoms in total. The van der Waals surface area contributed by atoms with E-state index in [1.165, 1.54) is 0 Å². The van der Waals surface area contributed by atoms with Gasteiger partial charge in [0.2, 0.25) is 0 Å². The first-order valence-electron chi connectivity index (χ1n) is 4.27. The molecule has 0 saturated heterocycles. The quantitative estimate of drug-likeness (QED) is 0.692. The molecular weight excluding hydrogens is 162 g/mol. The molecule has 1 aromatic rings. The van der Waals surface area contributed by atoms with Crippen LogP contribution in [-0.4, -0.2) is 10.5 Å². The van der Waals surface area contributed by atoms with Gasteiger partial charge < -0.3 is 5.32 Å². The van der Waals surface area contributed by atoms with Gasteiger partial charge in [-0.3, -0.25) is 5.32 Å². The Bertz CT molecular complexity index is 238. The van der Waals surface area contributed by atoms with Crippen LogP contribution in [0, 0.1) is 6.67 Å². The van der Waals surface area contributed by atoms with Gasteiger partial charge in [-0.25, -0.2) is 4.98 Å². The molecule has 13 heavy (non-hydrogen) atoms. The summed E-state index contributed by atoms with van der Waals surface area (Å²) < 4.78 is 0. The minimum Gasteiger partial charge on any atom is -0.346 e. The Morgan fingerprint density at radius 1 is 1.31 bits per heavy atom. The molecule has 2 radical (unpaired) electrons. The topological polar surface area (TPSA) is 37.0 Å². The maximum atomic E-state index is 4.08. The smallest absolute Gasteiger partial charge is 0.173 e. The molecule has 0 fully saturated rings. The summed E-state index contributed by atoms with van der Waals surface area (Å²) in [5, 5.41) is 6.00. The second-order valence-electron chi connectivity index (χ2n) is 3.84. The number of nitrogens with zero attached hydrogens (tertiary/aromatic N) is 1. The predicted octanol–water partition coefficient (Wildman–Crippen LogP) is 1.88. The van der Waals surface area contributed by atoms with Crippen LogP contribution in [0.2, 0.25) is 0 Å². The lowest BCUT2D eigenvalue weighted by Gasteiger charge is -2.19. The lowest BCUT2D eigenvalue weighted by Crippen LogP contribution is -2.35. The minimum atomic E-state index is 0.0295. The van der Waals surface area contributed by atoms with Gasteiger partial charge in [-0.15, -0.1) is 0 Å². The zero-order valence-corrected chi connectivity index (χ0v) is 8.26. The van der Waals surface area contributed by atoms with Gasteiger partial charge in [0.05, 0.1) is 0 Å². The average molecular weight is 177 g/mol. The number of anilines is 1. The fraction of sp³-hybridized carbons (Fsp3) is 0.400. The Kier molecular flexibility index (Phi) is 3.25. The molecule has 0 spiro atoms. The standard InChI is InChI=1S/C10H15N3/c1-10(2,3)13-8-12-9-6-4-5-7-11-9/h4-7,13H,1-3H3,(H,11,12). The first-order valence-corrected chi connectivity index (χ1v) is 4.27. The predicted molar refractivity (Wildman–Crippen MR) is 54.0 cm³/mol. The van der Waals surface area contributed by atoms with Crippen LogP contribution in [0.15, 0.2) is 24.4 Å². The molecule has 1 aromatic heterocycles. The highest BCUT2D eigenvalue weighted by Gasteiger charge is 2.08. The van der Waals surface area contributed by atoms with Crippen molar-refractivity contribution in [1.82, 2.24) is 10.3 Å². The van der Waals surface area contributed by atoms with Crippen LogP contribution in [0.4, 0.5) is 5.82 Å². The molecule has 0 bridgehead atoms. The van der Waals surface area contributed by atoms with Crippen LogP contribution in [-0.2, 0) is 0 Å². The Labute approximate surface area is 79.6 Å². The molecule has 0 saturated carbocycles. The van der Waals surface area contributed by atoms with Gasteiger partial charge in [-0.1, -0.05) is 6.07 Å². The van der Waals surface area contributed by atoms with E-state index in [4.69, 9.17) is 0 Å². The summed E-state index contributed by atoms with van der Waals surface area (Å²) in [4.78, 5) is 4.08. The Morgan fingerprint density at radius 2 is 2.08 bits per heavy atom. The second-order valence-corrected chi connectivity index (χ2v) is 3.84. The summed E-state index contributed by atoms with van der Waals surface area (Å²) in [5.74, 6) is 0.791. The summed E-state index contributed by atoms with van der Waals surface area (Å²) in [6.45, 7) is 9.09. The van der Waals surface area contributed by atoms with Gasteiger partial charge in [0.25, 0.3) is 0 Å². The lowest BCUT2D eigenvalue weighted by atomic mass is 10.1. The molecular formula is C10H15N3. The van der Waals surface area contributed by atoms with Crippen LogP contribution in [0.5, 0.6) is 0 Å². The summed E-state index contributed by atoms with van der Waals surface area (Å²) in [7, 11) is 0. The van der Waals surface area contributed by atoms with E-state index >= 15 is 0 Å². The largest absolute Gasteiger partial charge is 0.346 e. The van der Waals surface area contributed by atoms with E-state index in [-0.39, 0.29) is 5.54 Å². The highest BCUT2D eigenvalue weighted by atomic mass is 15.1. The van der Waals surface area contributed by atoms with Gasteiger partial charge in [0.15, 0.2) is 6.67 Å². The van der Waals surface area contributed by atoms with Crippen molar-refractivity contribution in [2.75, 3.05) is 5.32 Å². The zero-order chi connectivity index (χ0) is 9.73. The molecule has 3 heteroatoms. The van der Waals surface area contributed by atoms with Gasteiger partial charge in [0, 0.05) is 11.7 Å². The fourth-order valence-corrected chi connectivity index (χ4v) is 0.719. The van der Waals surface area contributed by atoms with E-state index in [1.54, 1.807) is 6.20 Å². The molecule has 1 rings (SSSR count). The van der Waals surface area contributed by atoms with Crippen LogP contribution < -0.4 is 10.6 Å². The van der Waals surface area contributed by atoms with Crippen molar-refractivity contribution in [1.29, 1.82) is 0 Å². The van der Waals surface area contributed by atoms with E-state index in [9.17, 15) is 0 Å². The number of hydrogen-bond donors (Lipinski definition) is 2. The van der Waals surface area contributed by atoms with Gasteiger partial charge in [-0.05, 0) is 32.9 Å². The third-order valence-electron chi connectivity index (χ3n) is 1.29. The normalized spacial score (nSPS) is 11.3. The van der Waals surface area contributed by atoms with Crippen molar-refractivity contribution in [3.63, 3.8) is 0 Å². The molecule has 0 aromatic carbocycles. The zero-order valence-electron chi connectivity index (χ0n) is 8.26. The van der Waals surface area contributed by atoms with E-state index in [0.29, 0.717) is 0 Å². The van der Waals surface area contributed by atoms with Crippen molar-refractivity contribution in [2.45, 2.75) is 26.3 Å². The van der Waals surface area contributed by atoms with Crippen LogP contribution in [0.25, 0.3) is 0 Å². The molecule has 1 heterocycles. The van der Waals surface area contributed by atoms with Crippen LogP contribution in [0.1, 0.15) is 20.8 Å². The number of aromatic nitrogens is 1. The lowest BCUT2D eigenvalue weighted by molar-refractivity contribution is 0.471. The number of hydrogen-bond acceptors (Lipinski definition) is 3. The Morgan fingerprint density at radius 3 is 2.62 bits per heavy atom.